The highest BCUT2D eigenvalue weighted by Gasteiger charge is 2.23. The second kappa shape index (κ2) is 8.85. The molecular weight excluding hydrogens is 416 g/mol. The summed E-state index contributed by atoms with van der Waals surface area (Å²) < 4.78 is 5.15. The molecule has 9 heteroatoms. The molecule has 0 radical (unpaired) electrons. The van der Waals surface area contributed by atoms with Gasteiger partial charge in [0.2, 0.25) is 0 Å². The summed E-state index contributed by atoms with van der Waals surface area (Å²) in [6.45, 7) is 1.86. The van der Waals surface area contributed by atoms with Crippen LogP contribution < -0.4 is 5.32 Å². The Kier molecular flexibility index (Phi) is 6.26. The lowest BCUT2D eigenvalue weighted by Crippen LogP contribution is -2.15. The molecule has 3 rings (SSSR count). The van der Waals surface area contributed by atoms with Gasteiger partial charge < -0.3 is 10.1 Å². The maximum atomic E-state index is 12.6. The van der Waals surface area contributed by atoms with E-state index in [2.05, 4.69) is 5.32 Å². The summed E-state index contributed by atoms with van der Waals surface area (Å²) in [4.78, 5) is 35.5. The average molecular weight is 431 g/mol. The highest BCUT2D eigenvalue weighted by molar-refractivity contribution is 7.15. The van der Waals surface area contributed by atoms with Gasteiger partial charge in [-0.05, 0) is 30.7 Å². The molecule has 1 N–H and O–H groups in total. The summed E-state index contributed by atoms with van der Waals surface area (Å²) in [5.41, 5.74) is 1.47. The summed E-state index contributed by atoms with van der Waals surface area (Å²) in [6, 6.07) is 12.3. The Labute approximate surface area is 175 Å². The van der Waals surface area contributed by atoms with Crippen molar-refractivity contribution in [3.63, 3.8) is 0 Å². The molecule has 2 aromatic carbocycles. The van der Waals surface area contributed by atoms with Crippen LogP contribution in [0.25, 0.3) is 11.1 Å². The van der Waals surface area contributed by atoms with Gasteiger partial charge in [0.25, 0.3) is 11.6 Å². The second-order valence-electron chi connectivity index (χ2n) is 5.84. The first-order valence-electron chi connectivity index (χ1n) is 8.51. The lowest BCUT2D eigenvalue weighted by Gasteiger charge is -2.09. The van der Waals surface area contributed by atoms with Gasteiger partial charge >= 0.3 is 5.97 Å². The first-order valence-corrected chi connectivity index (χ1v) is 9.76. The number of hydrogen-bond acceptors (Lipinski definition) is 6. The smallest absolute Gasteiger partial charge is 0.341 e. The largest absolute Gasteiger partial charge is 0.462 e. The zero-order chi connectivity index (χ0) is 21.0. The first-order chi connectivity index (χ1) is 13.9. The number of nitro groups is 1. The standard InChI is InChI=1S/C20H15ClN2O5S/c1-2-28-20(25)17-16(12-6-8-14(21)9-7-12)11-29-19(17)22-18(24)13-4-3-5-15(10-13)23(26)27/h3-11H,2H2,1H3,(H,22,24). The molecule has 0 fully saturated rings. The number of carbonyl (C=O) groups excluding carboxylic acids is 2. The summed E-state index contributed by atoms with van der Waals surface area (Å²) in [5.74, 6) is -1.14. The number of nitro benzene ring substituents is 1. The molecule has 1 aromatic heterocycles. The van der Waals surface area contributed by atoms with Crippen LogP contribution in [-0.4, -0.2) is 23.4 Å². The molecule has 7 nitrogen and oxygen atoms in total. The van der Waals surface area contributed by atoms with Gasteiger partial charge in [0, 0.05) is 33.7 Å². The number of nitrogens with zero attached hydrogens (tertiary/aromatic N) is 1. The molecule has 0 aliphatic carbocycles. The van der Waals surface area contributed by atoms with Crippen molar-refractivity contribution in [1.29, 1.82) is 0 Å². The van der Waals surface area contributed by atoms with Crippen LogP contribution in [0, 0.1) is 10.1 Å². The quantitative estimate of drug-likeness (QED) is 0.320. The molecule has 0 atom stereocenters. The van der Waals surface area contributed by atoms with Crippen molar-refractivity contribution < 1.29 is 19.2 Å². The van der Waals surface area contributed by atoms with Crippen molar-refractivity contribution in [2.24, 2.45) is 0 Å². The van der Waals surface area contributed by atoms with Crippen molar-refractivity contribution in [1.82, 2.24) is 0 Å². The Morgan fingerprint density at radius 3 is 2.59 bits per heavy atom. The van der Waals surface area contributed by atoms with Crippen LogP contribution in [0.4, 0.5) is 10.7 Å². The Hall–Kier alpha value is -3.23. The minimum absolute atomic E-state index is 0.107. The minimum Gasteiger partial charge on any atom is -0.462 e. The summed E-state index contributed by atoms with van der Waals surface area (Å²) >= 11 is 7.10. The third-order valence-electron chi connectivity index (χ3n) is 3.97. The number of esters is 1. The number of hydrogen-bond donors (Lipinski definition) is 1. The molecule has 1 amide bonds. The third kappa shape index (κ3) is 4.61. The third-order valence-corrected chi connectivity index (χ3v) is 5.12. The molecule has 0 spiro atoms. The number of non-ortho nitro benzene ring substituents is 1. The van der Waals surface area contributed by atoms with Crippen molar-refractivity contribution in [3.8, 4) is 11.1 Å². The number of amides is 1. The van der Waals surface area contributed by atoms with E-state index in [1.165, 1.54) is 24.3 Å². The number of rotatable bonds is 6. The number of thiophene rings is 1. The second-order valence-corrected chi connectivity index (χ2v) is 7.16. The van der Waals surface area contributed by atoms with Crippen molar-refractivity contribution in [2.45, 2.75) is 6.92 Å². The predicted octanol–water partition coefficient (Wildman–Crippen LogP) is 5.41. The van der Waals surface area contributed by atoms with Gasteiger partial charge in [0.15, 0.2) is 0 Å². The van der Waals surface area contributed by atoms with Crippen LogP contribution >= 0.6 is 22.9 Å². The summed E-state index contributed by atoms with van der Waals surface area (Å²) in [7, 11) is 0. The van der Waals surface area contributed by atoms with E-state index in [0.717, 1.165) is 16.9 Å². The normalized spacial score (nSPS) is 10.4. The maximum Gasteiger partial charge on any atom is 0.341 e. The SMILES string of the molecule is CCOC(=O)c1c(-c2ccc(Cl)cc2)csc1NC(=O)c1cccc([N+](=O)[O-])c1. The number of nitrogens with one attached hydrogen (secondary N) is 1. The summed E-state index contributed by atoms with van der Waals surface area (Å²) in [6.07, 6.45) is 0. The predicted molar refractivity (Wildman–Crippen MR) is 112 cm³/mol. The minimum atomic E-state index is -0.579. The molecule has 29 heavy (non-hydrogen) atoms. The van der Waals surface area contributed by atoms with Crippen molar-refractivity contribution >= 4 is 45.5 Å². The van der Waals surface area contributed by atoms with Crippen LogP contribution in [0.3, 0.4) is 0 Å². The van der Waals surface area contributed by atoms with Gasteiger partial charge in [0.1, 0.15) is 10.6 Å². The molecular formula is C20H15ClN2O5S. The van der Waals surface area contributed by atoms with Crippen molar-refractivity contribution in [2.75, 3.05) is 11.9 Å². The fourth-order valence-electron chi connectivity index (χ4n) is 2.63. The number of carbonyl (C=O) groups is 2. The number of ether oxygens (including phenoxy) is 1. The highest BCUT2D eigenvalue weighted by Crippen LogP contribution is 2.37. The molecule has 0 bridgehead atoms. The van der Waals surface area contributed by atoms with Gasteiger partial charge in [-0.25, -0.2) is 4.79 Å². The molecule has 0 saturated heterocycles. The molecule has 3 aromatic rings. The molecule has 0 unspecified atom stereocenters. The van der Waals surface area contributed by atoms with E-state index in [-0.39, 0.29) is 23.4 Å². The monoisotopic (exact) mass is 430 g/mol. The highest BCUT2D eigenvalue weighted by atomic mass is 35.5. The zero-order valence-electron chi connectivity index (χ0n) is 15.2. The Morgan fingerprint density at radius 2 is 1.93 bits per heavy atom. The number of halogens is 1. The topological polar surface area (TPSA) is 98.5 Å². The molecule has 1 heterocycles. The number of anilines is 1. The number of benzene rings is 2. The van der Waals surface area contributed by atoms with Crippen LogP contribution in [0.15, 0.2) is 53.9 Å². The van der Waals surface area contributed by atoms with Gasteiger partial charge in [-0.1, -0.05) is 29.8 Å². The van der Waals surface area contributed by atoms with Crippen LogP contribution in [0.1, 0.15) is 27.6 Å². The molecule has 0 saturated carbocycles. The van der Waals surface area contributed by atoms with E-state index in [1.54, 1.807) is 36.6 Å². The van der Waals surface area contributed by atoms with Crippen LogP contribution in [0.5, 0.6) is 0 Å². The molecule has 0 aliphatic rings. The maximum absolute atomic E-state index is 12.6. The van der Waals surface area contributed by atoms with Gasteiger partial charge in [-0.3, -0.25) is 14.9 Å². The lowest BCUT2D eigenvalue weighted by atomic mass is 10.0. The first kappa shape index (κ1) is 20.5. The Bertz CT molecular complexity index is 1080. The average Bonchev–Trinajstić information content (AvgIpc) is 3.12. The Morgan fingerprint density at radius 1 is 1.21 bits per heavy atom. The van der Waals surface area contributed by atoms with E-state index in [9.17, 15) is 19.7 Å². The summed E-state index contributed by atoms with van der Waals surface area (Å²) in [5, 5.41) is 16.2. The van der Waals surface area contributed by atoms with E-state index < -0.39 is 16.8 Å². The van der Waals surface area contributed by atoms with Gasteiger partial charge in [0.05, 0.1) is 11.5 Å². The van der Waals surface area contributed by atoms with E-state index in [1.807, 2.05) is 0 Å². The van der Waals surface area contributed by atoms with E-state index in [0.29, 0.717) is 15.6 Å². The fraction of sp³-hybridized carbons (Fsp3) is 0.100. The van der Waals surface area contributed by atoms with E-state index in [4.69, 9.17) is 16.3 Å². The van der Waals surface area contributed by atoms with Crippen LogP contribution in [0.2, 0.25) is 5.02 Å². The van der Waals surface area contributed by atoms with Crippen LogP contribution in [-0.2, 0) is 4.74 Å². The Balaban J connectivity index is 1.97. The zero-order valence-corrected chi connectivity index (χ0v) is 16.8. The van der Waals surface area contributed by atoms with Gasteiger partial charge in [-0.15, -0.1) is 11.3 Å². The van der Waals surface area contributed by atoms with Crippen molar-refractivity contribution in [3.05, 3.63) is 80.2 Å². The van der Waals surface area contributed by atoms with E-state index >= 15 is 0 Å². The molecule has 0 aliphatic heterocycles. The van der Waals surface area contributed by atoms with Gasteiger partial charge in [-0.2, -0.15) is 0 Å². The fourth-order valence-corrected chi connectivity index (χ4v) is 3.71. The molecule has 148 valence electrons. The lowest BCUT2D eigenvalue weighted by molar-refractivity contribution is -0.384.